The summed E-state index contributed by atoms with van der Waals surface area (Å²) in [5, 5.41) is 3.99. The number of halogens is 1. The van der Waals surface area contributed by atoms with E-state index in [1.807, 2.05) is 13.8 Å². The first-order valence-electron chi connectivity index (χ1n) is 4.23. The number of carbonyl (C=O) groups is 1. The van der Waals surface area contributed by atoms with E-state index in [4.69, 9.17) is 0 Å². The maximum Gasteiger partial charge on any atom is 0.167 e. The Morgan fingerprint density at radius 3 is 2.69 bits per heavy atom. The summed E-state index contributed by atoms with van der Waals surface area (Å²) >= 11 is 3.32. The average molecular weight is 245 g/mol. The van der Waals surface area contributed by atoms with Crippen molar-refractivity contribution in [2.75, 3.05) is 0 Å². The topological polar surface area (TPSA) is 34.9 Å². The number of rotatable bonds is 3. The van der Waals surface area contributed by atoms with E-state index >= 15 is 0 Å². The van der Waals surface area contributed by atoms with Gasteiger partial charge in [-0.05, 0) is 21.8 Å². The van der Waals surface area contributed by atoms with Gasteiger partial charge in [-0.1, -0.05) is 13.8 Å². The molecular formula is C9H13BrN2O. The highest BCUT2D eigenvalue weighted by Crippen LogP contribution is 2.18. The molecule has 1 heterocycles. The Kier molecular flexibility index (Phi) is 3.25. The highest BCUT2D eigenvalue weighted by molar-refractivity contribution is 9.10. The molecule has 0 saturated carbocycles. The van der Waals surface area contributed by atoms with Crippen LogP contribution in [0.4, 0.5) is 0 Å². The molecule has 0 aliphatic heterocycles. The number of ketones is 1. The fourth-order valence-electron chi connectivity index (χ4n) is 1.09. The van der Waals surface area contributed by atoms with Crippen LogP contribution in [0.15, 0.2) is 10.8 Å². The Hall–Kier alpha value is -0.640. The third-order valence-corrected chi connectivity index (χ3v) is 2.70. The molecule has 0 aliphatic rings. The van der Waals surface area contributed by atoms with Gasteiger partial charge in [-0.3, -0.25) is 9.48 Å². The molecule has 3 nitrogen and oxygen atoms in total. The van der Waals surface area contributed by atoms with Gasteiger partial charge >= 0.3 is 0 Å². The molecule has 0 atom stereocenters. The van der Waals surface area contributed by atoms with Crippen molar-refractivity contribution >= 4 is 21.7 Å². The van der Waals surface area contributed by atoms with Crippen LogP contribution >= 0.6 is 15.9 Å². The molecule has 0 N–H and O–H groups in total. The second-order valence-electron chi connectivity index (χ2n) is 3.49. The summed E-state index contributed by atoms with van der Waals surface area (Å²) in [5.41, 5.74) is 0.677. The van der Waals surface area contributed by atoms with Gasteiger partial charge in [0.25, 0.3) is 0 Å². The zero-order chi connectivity index (χ0) is 10.0. The lowest BCUT2D eigenvalue weighted by Gasteiger charge is -2.01. The van der Waals surface area contributed by atoms with Gasteiger partial charge < -0.3 is 0 Å². The summed E-state index contributed by atoms with van der Waals surface area (Å²) in [7, 11) is 1.80. The first-order valence-corrected chi connectivity index (χ1v) is 5.02. The largest absolute Gasteiger partial charge is 0.294 e. The number of carbonyl (C=O) groups excluding carboxylic acids is 1. The first-order chi connectivity index (χ1) is 6.02. The molecule has 0 spiro atoms. The van der Waals surface area contributed by atoms with Crippen molar-refractivity contribution in [2.24, 2.45) is 13.0 Å². The second-order valence-corrected chi connectivity index (χ2v) is 4.24. The van der Waals surface area contributed by atoms with Crippen molar-refractivity contribution in [3.8, 4) is 0 Å². The third kappa shape index (κ3) is 2.40. The minimum Gasteiger partial charge on any atom is -0.294 e. The highest BCUT2D eigenvalue weighted by Gasteiger charge is 2.14. The smallest absolute Gasteiger partial charge is 0.167 e. The molecule has 72 valence electrons. The van der Waals surface area contributed by atoms with E-state index < -0.39 is 0 Å². The van der Waals surface area contributed by atoms with Gasteiger partial charge in [0, 0.05) is 13.5 Å². The van der Waals surface area contributed by atoms with Crippen molar-refractivity contribution < 1.29 is 4.79 Å². The van der Waals surface area contributed by atoms with Crippen LogP contribution in [0, 0.1) is 5.92 Å². The average Bonchev–Trinajstić information content (AvgIpc) is 2.31. The lowest BCUT2D eigenvalue weighted by molar-refractivity contribution is 0.0967. The maximum atomic E-state index is 11.6. The van der Waals surface area contributed by atoms with Crippen molar-refractivity contribution in [3.05, 3.63) is 16.4 Å². The van der Waals surface area contributed by atoms with Crippen LogP contribution in [-0.4, -0.2) is 15.6 Å². The molecule has 0 amide bonds. The Morgan fingerprint density at radius 2 is 2.31 bits per heavy atom. The molecule has 13 heavy (non-hydrogen) atoms. The van der Waals surface area contributed by atoms with Crippen molar-refractivity contribution in [2.45, 2.75) is 20.3 Å². The Labute approximate surface area is 86.3 Å². The first kappa shape index (κ1) is 10.4. The van der Waals surface area contributed by atoms with Gasteiger partial charge in [-0.15, -0.1) is 0 Å². The molecule has 1 rings (SSSR count). The van der Waals surface area contributed by atoms with Crippen LogP contribution in [0.1, 0.15) is 30.6 Å². The number of Topliss-reactive ketones (excluding diaryl/α,β-unsaturated/α-hetero) is 1. The molecular weight excluding hydrogens is 232 g/mol. The number of aromatic nitrogens is 2. The molecule has 0 aliphatic carbocycles. The Bertz CT molecular complexity index is 317. The number of hydrogen-bond acceptors (Lipinski definition) is 2. The minimum atomic E-state index is 0.148. The lowest BCUT2D eigenvalue weighted by atomic mass is 10.0. The lowest BCUT2D eigenvalue weighted by Crippen LogP contribution is -2.03. The van der Waals surface area contributed by atoms with Crippen molar-refractivity contribution in [3.63, 3.8) is 0 Å². The molecule has 1 aromatic rings. The van der Waals surface area contributed by atoms with Crippen LogP contribution in [0.25, 0.3) is 0 Å². The zero-order valence-electron chi connectivity index (χ0n) is 8.04. The molecule has 0 radical (unpaired) electrons. The summed E-state index contributed by atoms with van der Waals surface area (Å²) in [6, 6.07) is 0. The highest BCUT2D eigenvalue weighted by atomic mass is 79.9. The fraction of sp³-hybridized carbons (Fsp3) is 0.556. The van der Waals surface area contributed by atoms with E-state index in [1.165, 1.54) is 0 Å². The van der Waals surface area contributed by atoms with Gasteiger partial charge in [-0.25, -0.2) is 0 Å². The molecule has 0 unspecified atom stereocenters. The van der Waals surface area contributed by atoms with Crippen LogP contribution in [0.3, 0.4) is 0 Å². The van der Waals surface area contributed by atoms with Crippen LogP contribution in [0.2, 0.25) is 0 Å². The van der Waals surface area contributed by atoms with E-state index in [1.54, 1.807) is 17.9 Å². The van der Waals surface area contributed by atoms with E-state index in [-0.39, 0.29) is 5.78 Å². The minimum absolute atomic E-state index is 0.148. The van der Waals surface area contributed by atoms with Crippen LogP contribution in [0.5, 0.6) is 0 Å². The predicted octanol–water partition coefficient (Wildman–Crippen LogP) is 2.41. The predicted molar refractivity (Wildman–Crippen MR) is 54.7 cm³/mol. The third-order valence-electron chi connectivity index (χ3n) is 1.76. The summed E-state index contributed by atoms with van der Waals surface area (Å²) < 4.78 is 2.41. The van der Waals surface area contributed by atoms with E-state index in [9.17, 15) is 4.79 Å². The summed E-state index contributed by atoms with van der Waals surface area (Å²) in [6.07, 6.45) is 2.18. The zero-order valence-corrected chi connectivity index (χ0v) is 9.63. The Balaban J connectivity index is 2.83. The van der Waals surface area contributed by atoms with Gasteiger partial charge in [0.15, 0.2) is 5.78 Å². The normalized spacial score (nSPS) is 10.8. The Morgan fingerprint density at radius 1 is 1.69 bits per heavy atom. The molecule has 0 bridgehead atoms. The second kappa shape index (κ2) is 4.05. The fourth-order valence-corrected chi connectivity index (χ4v) is 1.51. The van der Waals surface area contributed by atoms with E-state index in [0.717, 1.165) is 4.60 Å². The standard InChI is InChI=1S/C9H13BrN2O/c1-6(2)4-8(13)7-5-11-12(3)9(7)10/h5-6H,4H2,1-3H3. The van der Waals surface area contributed by atoms with Crippen molar-refractivity contribution in [1.29, 1.82) is 0 Å². The number of aryl methyl sites for hydroxylation is 1. The number of hydrogen-bond donors (Lipinski definition) is 0. The molecule has 0 fully saturated rings. The van der Waals surface area contributed by atoms with Gasteiger partial charge in [0.1, 0.15) is 4.60 Å². The van der Waals surface area contributed by atoms with Gasteiger partial charge in [0.2, 0.25) is 0 Å². The van der Waals surface area contributed by atoms with Gasteiger partial charge in [0.05, 0.1) is 11.8 Å². The van der Waals surface area contributed by atoms with E-state index in [2.05, 4.69) is 21.0 Å². The summed E-state index contributed by atoms with van der Waals surface area (Å²) in [5.74, 6) is 0.537. The van der Waals surface area contributed by atoms with Crippen LogP contribution in [-0.2, 0) is 7.05 Å². The quantitative estimate of drug-likeness (QED) is 0.766. The maximum absolute atomic E-state index is 11.6. The SMILES string of the molecule is CC(C)CC(=O)c1cnn(C)c1Br. The van der Waals surface area contributed by atoms with E-state index in [0.29, 0.717) is 17.9 Å². The summed E-state index contributed by atoms with van der Waals surface area (Å²) in [4.78, 5) is 11.6. The molecule has 0 aromatic carbocycles. The molecule has 0 saturated heterocycles. The van der Waals surface area contributed by atoms with Crippen molar-refractivity contribution in [1.82, 2.24) is 9.78 Å². The molecule has 4 heteroatoms. The summed E-state index contributed by atoms with van der Waals surface area (Å²) in [6.45, 7) is 4.06. The monoisotopic (exact) mass is 244 g/mol. The van der Waals surface area contributed by atoms with Crippen LogP contribution < -0.4 is 0 Å². The molecule has 1 aromatic heterocycles. The van der Waals surface area contributed by atoms with Gasteiger partial charge in [-0.2, -0.15) is 5.10 Å². The number of nitrogens with zero attached hydrogens (tertiary/aromatic N) is 2.